The van der Waals surface area contributed by atoms with Crippen LogP contribution in [0.2, 0.25) is 5.15 Å². The summed E-state index contributed by atoms with van der Waals surface area (Å²) in [5.74, 6) is 0.978. The summed E-state index contributed by atoms with van der Waals surface area (Å²) in [5, 5.41) is 0.422. The zero-order valence-corrected chi connectivity index (χ0v) is 20.4. The van der Waals surface area contributed by atoms with Gasteiger partial charge in [-0.15, -0.1) is 0 Å². The number of nitrogens with zero attached hydrogens (tertiary/aromatic N) is 3. The highest BCUT2D eigenvalue weighted by molar-refractivity contribution is 6.29. The molecule has 0 N–H and O–H groups in total. The third-order valence-electron chi connectivity index (χ3n) is 6.57. The van der Waals surface area contributed by atoms with E-state index in [2.05, 4.69) is 90.0 Å². The Labute approximate surface area is 216 Å². The van der Waals surface area contributed by atoms with Crippen LogP contribution in [0.5, 0.6) is 0 Å². The van der Waals surface area contributed by atoms with Gasteiger partial charge in [-0.3, -0.25) is 4.99 Å². The van der Waals surface area contributed by atoms with Crippen LogP contribution in [0, 0.1) is 5.92 Å². The van der Waals surface area contributed by atoms with E-state index in [0.29, 0.717) is 16.9 Å². The number of benzene rings is 2. The van der Waals surface area contributed by atoms with Crippen molar-refractivity contribution in [3.63, 3.8) is 0 Å². The first kappa shape index (κ1) is 22.4. The first-order valence-electron chi connectivity index (χ1n) is 12.2. The van der Waals surface area contributed by atoms with E-state index in [1.54, 1.807) is 0 Å². The Kier molecular flexibility index (Phi) is 6.15. The van der Waals surface area contributed by atoms with E-state index >= 15 is 0 Å². The van der Waals surface area contributed by atoms with Crippen molar-refractivity contribution < 1.29 is 0 Å². The van der Waals surface area contributed by atoms with E-state index in [4.69, 9.17) is 21.6 Å². The van der Waals surface area contributed by atoms with Crippen LogP contribution in [0.4, 0.5) is 0 Å². The quantitative estimate of drug-likeness (QED) is 0.349. The molecule has 0 bridgehead atoms. The van der Waals surface area contributed by atoms with E-state index in [0.717, 1.165) is 46.6 Å². The predicted molar refractivity (Wildman–Crippen MR) is 150 cm³/mol. The van der Waals surface area contributed by atoms with Gasteiger partial charge in [0.05, 0.1) is 11.4 Å². The van der Waals surface area contributed by atoms with Gasteiger partial charge < -0.3 is 0 Å². The van der Waals surface area contributed by atoms with Crippen LogP contribution in [0.3, 0.4) is 0 Å². The summed E-state index contributed by atoms with van der Waals surface area (Å²) in [6.45, 7) is 0. The molecule has 0 spiro atoms. The molecule has 3 aliphatic rings. The summed E-state index contributed by atoms with van der Waals surface area (Å²) >= 11 is 6.48. The van der Waals surface area contributed by atoms with Gasteiger partial charge in [0.25, 0.3) is 0 Å². The van der Waals surface area contributed by atoms with Crippen molar-refractivity contribution >= 4 is 34.2 Å². The number of hydrogen-bond donors (Lipinski definition) is 0. The van der Waals surface area contributed by atoms with Gasteiger partial charge in [0.2, 0.25) is 0 Å². The van der Waals surface area contributed by atoms with Crippen molar-refractivity contribution in [2.75, 3.05) is 0 Å². The van der Waals surface area contributed by atoms with Gasteiger partial charge in [0.1, 0.15) is 5.15 Å². The molecule has 4 heteroatoms. The minimum atomic E-state index is 0.373. The lowest BCUT2D eigenvalue weighted by atomic mass is 9.91. The zero-order chi connectivity index (χ0) is 24.3. The number of halogens is 1. The van der Waals surface area contributed by atoms with Gasteiger partial charge in [0, 0.05) is 34.4 Å². The summed E-state index contributed by atoms with van der Waals surface area (Å²) in [6.07, 6.45) is 21.0. The minimum Gasteiger partial charge on any atom is -0.253 e. The monoisotopic (exact) mass is 485 g/mol. The smallest absolute Gasteiger partial charge is 0.161 e. The van der Waals surface area contributed by atoms with Crippen molar-refractivity contribution in [3.05, 3.63) is 137 Å². The van der Waals surface area contributed by atoms with Gasteiger partial charge in [-0.25, -0.2) is 9.97 Å². The molecule has 6 rings (SSSR count). The third-order valence-corrected chi connectivity index (χ3v) is 6.76. The van der Waals surface area contributed by atoms with Gasteiger partial charge in [-0.05, 0) is 36.1 Å². The van der Waals surface area contributed by atoms with Crippen LogP contribution in [0.1, 0.15) is 29.7 Å². The van der Waals surface area contributed by atoms with Crippen molar-refractivity contribution in [1.29, 1.82) is 0 Å². The molecule has 0 saturated heterocycles. The highest BCUT2D eigenvalue weighted by atomic mass is 35.5. The largest absolute Gasteiger partial charge is 0.253 e. The molecule has 2 aliphatic carbocycles. The molecule has 174 valence electrons. The van der Waals surface area contributed by atoms with Crippen LogP contribution >= 0.6 is 11.6 Å². The highest BCUT2D eigenvalue weighted by Gasteiger charge is 2.18. The first-order chi connectivity index (χ1) is 17.7. The molecular formula is C32H24ClN3. The Morgan fingerprint density at radius 3 is 2.58 bits per heavy atom. The molecule has 2 heterocycles. The fraction of sp³-hybridized carbons (Fsp3) is 0.0938. The molecule has 1 unspecified atom stereocenters. The number of allylic oxidation sites excluding steroid dienone is 11. The minimum absolute atomic E-state index is 0.373. The maximum Gasteiger partial charge on any atom is 0.161 e. The average molecular weight is 486 g/mol. The van der Waals surface area contributed by atoms with Crippen LogP contribution in [-0.2, 0) is 0 Å². The van der Waals surface area contributed by atoms with Crippen molar-refractivity contribution in [2.45, 2.75) is 12.8 Å². The summed E-state index contributed by atoms with van der Waals surface area (Å²) in [6, 6.07) is 20.5. The fourth-order valence-corrected chi connectivity index (χ4v) is 4.86. The Bertz CT molecular complexity index is 1530. The highest BCUT2D eigenvalue weighted by Crippen LogP contribution is 2.31. The van der Waals surface area contributed by atoms with Gasteiger partial charge in [0.15, 0.2) is 5.82 Å². The van der Waals surface area contributed by atoms with Crippen molar-refractivity contribution in [2.24, 2.45) is 10.9 Å². The predicted octanol–water partition coefficient (Wildman–Crippen LogP) is 8.15. The number of aromatic nitrogens is 2. The molecule has 0 fully saturated rings. The van der Waals surface area contributed by atoms with Crippen LogP contribution in [0.25, 0.3) is 28.2 Å². The number of rotatable bonds is 4. The molecule has 2 aromatic carbocycles. The Balaban J connectivity index is 1.32. The molecule has 1 aliphatic heterocycles. The van der Waals surface area contributed by atoms with E-state index in [1.807, 2.05) is 30.3 Å². The third kappa shape index (κ3) is 4.71. The summed E-state index contributed by atoms with van der Waals surface area (Å²) in [5.41, 5.74) is 8.36. The standard InChI is InChI=1S/C32H24ClN3/c33-31-21-30(25-12-6-11-23(16-17-25)22-8-2-1-3-9-22)35-32(36-31)27-14-7-13-26(20-27)29-19-18-24-10-4-5-15-28(24)34-29/h1-10,12-17,19-21,24H,11,18H2. The molecule has 0 radical (unpaired) electrons. The first-order valence-corrected chi connectivity index (χ1v) is 12.5. The second kappa shape index (κ2) is 9.88. The lowest BCUT2D eigenvalue weighted by Gasteiger charge is -2.20. The topological polar surface area (TPSA) is 38.1 Å². The second-order valence-electron chi connectivity index (χ2n) is 8.98. The van der Waals surface area contributed by atoms with Crippen LogP contribution < -0.4 is 0 Å². The van der Waals surface area contributed by atoms with E-state index in [9.17, 15) is 0 Å². The van der Waals surface area contributed by atoms with Gasteiger partial charge in [-0.1, -0.05) is 109 Å². The fourth-order valence-electron chi connectivity index (χ4n) is 4.68. The lowest BCUT2D eigenvalue weighted by molar-refractivity contribution is 0.866. The lowest BCUT2D eigenvalue weighted by Crippen LogP contribution is -2.14. The molecule has 3 nitrogen and oxygen atoms in total. The summed E-state index contributed by atoms with van der Waals surface area (Å²) in [4.78, 5) is 14.4. The molecule has 3 aromatic rings. The van der Waals surface area contributed by atoms with Gasteiger partial charge in [-0.2, -0.15) is 0 Å². The SMILES string of the molecule is Clc1cc(C2=CC=C(c3ccccc3)CC=C2)nc(-c2cccc(C3=CCC4C=CC=CC4=N3)c2)n1. The average Bonchev–Trinajstić information content (AvgIpc) is 3.20. The molecule has 0 amide bonds. The molecule has 36 heavy (non-hydrogen) atoms. The summed E-state index contributed by atoms with van der Waals surface area (Å²) < 4.78 is 0. The van der Waals surface area contributed by atoms with Crippen LogP contribution in [0.15, 0.2) is 120 Å². The Morgan fingerprint density at radius 1 is 0.806 bits per heavy atom. The maximum absolute atomic E-state index is 6.48. The Hall–Kier alpha value is -4.08. The second-order valence-corrected chi connectivity index (χ2v) is 9.37. The maximum atomic E-state index is 6.48. The van der Waals surface area contributed by atoms with E-state index in [1.165, 1.54) is 11.1 Å². The van der Waals surface area contributed by atoms with E-state index < -0.39 is 0 Å². The number of fused-ring (bicyclic) bond motifs is 1. The molecular weight excluding hydrogens is 462 g/mol. The van der Waals surface area contributed by atoms with Crippen LogP contribution in [-0.4, -0.2) is 15.7 Å². The number of hydrogen-bond acceptors (Lipinski definition) is 3. The van der Waals surface area contributed by atoms with Crippen molar-refractivity contribution in [3.8, 4) is 11.4 Å². The summed E-state index contributed by atoms with van der Waals surface area (Å²) in [7, 11) is 0. The molecule has 1 aromatic heterocycles. The molecule has 1 atom stereocenters. The molecule has 0 saturated carbocycles. The van der Waals surface area contributed by atoms with Crippen molar-refractivity contribution in [1.82, 2.24) is 9.97 Å². The Morgan fingerprint density at radius 2 is 1.67 bits per heavy atom. The zero-order valence-electron chi connectivity index (χ0n) is 19.7. The normalized spacial score (nSPS) is 18.5. The van der Waals surface area contributed by atoms with E-state index in [-0.39, 0.29) is 0 Å². The number of aliphatic imine (C=N–C) groups is 1. The van der Waals surface area contributed by atoms with Gasteiger partial charge >= 0.3 is 0 Å².